The van der Waals surface area contributed by atoms with Crippen molar-refractivity contribution in [2.75, 3.05) is 0 Å². The third kappa shape index (κ3) is 2.33. The maximum Gasteiger partial charge on any atom is 0.130 e. The number of fused-ring (bicyclic) bond motifs is 1. The molecule has 1 aliphatic rings. The molecule has 114 valence electrons. The lowest BCUT2D eigenvalue weighted by molar-refractivity contribution is 0.518. The number of furan rings is 1. The predicted molar refractivity (Wildman–Crippen MR) is 96.4 cm³/mol. The highest BCUT2D eigenvalue weighted by atomic mass is 16.3. The number of hydrogen-bond acceptors (Lipinski definition) is 1. The van der Waals surface area contributed by atoms with Crippen molar-refractivity contribution >= 4 is 11.6 Å². The van der Waals surface area contributed by atoms with E-state index in [1.54, 1.807) is 0 Å². The molecule has 0 spiro atoms. The topological polar surface area (TPSA) is 13.1 Å². The highest BCUT2D eigenvalue weighted by molar-refractivity contribution is 5.93. The lowest BCUT2D eigenvalue weighted by atomic mass is 9.93. The van der Waals surface area contributed by atoms with E-state index in [9.17, 15) is 0 Å². The van der Waals surface area contributed by atoms with Crippen LogP contribution in [0.4, 0.5) is 0 Å². The van der Waals surface area contributed by atoms with E-state index in [4.69, 9.17) is 4.42 Å². The maximum absolute atomic E-state index is 5.94. The van der Waals surface area contributed by atoms with Crippen LogP contribution in [0.25, 0.3) is 22.8 Å². The zero-order valence-corrected chi connectivity index (χ0v) is 13.8. The fourth-order valence-electron chi connectivity index (χ4n) is 3.40. The van der Waals surface area contributed by atoms with Gasteiger partial charge in [0.2, 0.25) is 0 Å². The molecule has 0 bridgehead atoms. The average molecular weight is 300 g/mol. The predicted octanol–water partition coefficient (Wildman–Crippen LogP) is 5.97. The van der Waals surface area contributed by atoms with E-state index in [0.29, 0.717) is 0 Å². The summed E-state index contributed by atoms with van der Waals surface area (Å²) in [4.78, 5) is 0. The van der Waals surface area contributed by atoms with Gasteiger partial charge in [-0.25, -0.2) is 0 Å². The van der Waals surface area contributed by atoms with Gasteiger partial charge in [0.15, 0.2) is 0 Å². The van der Waals surface area contributed by atoms with Crippen molar-refractivity contribution in [3.63, 3.8) is 0 Å². The monoisotopic (exact) mass is 300 g/mol. The number of hydrogen-bond donors (Lipinski definition) is 0. The quantitative estimate of drug-likeness (QED) is 0.568. The summed E-state index contributed by atoms with van der Waals surface area (Å²) < 4.78 is 5.94. The molecule has 0 atom stereocenters. The van der Waals surface area contributed by atoms with Crippen LogP contribution in [-0.4, -0.2) is 0 Å². The van der Waals surface area contributed by atoms with Gasteiger partial charge in [0.1, 0.15) is 11.5 Å². The van der Waals surface area contributed by atoms with Crippen LogP contribution in [-0.2, 0) is 6.42 Å². The van der Waals surface area contributed by atoms with Crippen molar-refractivity contribution in [3.8, 4) is 11.1 Å². The van der Waals surface area contributed by atoms with Crippen molar-refractivity contribution in [3.05, 3.63) is 82.3 Å². The summed E-state index contributed by atoms with van der Waals surface area (Å²) in [6, 6.07) is 17.3. The molecule has 1 heterocycles. The minimum atomic E-state index is 0.946. The molecular formula is C22H20O. The summed E-state index contributed by atoms with van der Waals surface area (Å²) in [6.45, 7) is 6.32. The van der Waals surface area contributed by atoms with E-state index in [0.717, 1.165) is 17.9 Å². The highest BCUT2D eigenvalue weighted by Gasteiger charge is 2.21. The first-order valence-electron chi connectivity index (χ1n) is 8.09. The standard InChI is InChI=1S/C22H20O/c1-14-9-10-18-12-19(21-11-15(2)16(3)23-21)13-20(18)22(14)17-7-5-4-6-8-17/h4-11,13H,12H2,1-3H3. The summed E-state index contributed by atoms with van der Waals surface area (Å²) in [5.41, 5.74) is 9.17. The largest absolute Gasteiger partial charge is 0.461 e. The Bertz CT molecular complexity index is 891. The van der Waals surface area contributed by atoms with Gasteiger partial charge in [-0.2, -0.15) is 0 Å². The molecule has 0 N–H and O–H groups in total. The van der Waals surface area contributed by atoms with Gasteiger partial charge in [0.05, 0.1) is 0 Å². The molecule has 0 unspecified atom stereocenters. The van der Waals surface area contributed by atoms with Crippen LogP contribution < -0.4 is 0 Å². The molecular weight excluding hydrogens is 280 g/mol. The molecule has 4 rings (SSSR count). The Kier molecular flexibility index (Phi) is 3.23. The smallest absolute Gasteiger partial charge is 0.130 e. The third-order valence-corrected chi connectivity index (χ3v) is 4.79. The average Bonchev–Trinajstić information content (AvgIpc) is 3.12. The molecule has 0 fully saturated rings. The maximum atomic E-state index is 5.94. The highest BCUT2D eigenvalue weighted by Crippen LogP contribution is 2.39. The van der Waals surface area contributed by atoms with Crippen LogP contribution in [0.1, 0.15) is 33.8 Å². The van der Waals surface area contributed by atoms with Crippen molar-refractivity contribution in [2.45, 2.75) is 27.2 Å². The van der Waals surface area contributed by atoms with Crippen LogP contribution >= 0.6 is 0 Å². The number of allylic oxidation sites excluding steroid dienone is 1. The van der Waals surface area contributed by atoms with E-state index in [1.807, 2.05) is 6.92 Å². The molecule has 2 aromatic carbocycles. The summed E-state index contributed by atoms with van der Waals surface area (Å²) in [5, 5.41) is 0. The summed E-state index contributed by atoms with van der Waals surface area (Å²) >= 11 is 0. The fourth-order valence-corrected chi connectivity index (χ4v) is 3.40. The molecule has 0 amide bonds. The zero-order valence-electron chi connectivity index (χ0n) is 13.8. The Morgan fingerprint density at radius 2 is 1.65 bits per heavy atom. The number of aryl methyl sites for hydroxylation is 3. The van der Waals surface area contributed by atoms with Gasteiger partial charge >= 0.3 is 0 Å². The second-order valence-electron chi connectivity index (χ2n) is 6.39. The van der Waals surface area contributed by atoms with Crippen LogP contribution in [0.15, 0.2) is 52.9 Å². The molecule has 0 saturated carbocycles. The Labute approximate surface area is 137 Å². The van der Waals surface area contributed by atoms with E-state index >= 15 is 0 Å². The lowest BCUT2D eigenvalue weighted by Gasteiger charge is -2.11. The Hall–Kier alpha value is -2.54. The van der Waals surface area contributed by atoms with Gasteiger partial charge in [-0.3, -0.25) is 0 Å². The molecule has 3 aromatic rings. The Morgan fingerprint density at radius 1 is 0.870 bits per heavy atom. The van der Waals surface area contributed by atoms with Crippen LogP contribution in [0.2, 0.25) is 0 Å². The van der Waals surface area contributed by atoms with Crippen LogP contribution in [0.3, 0.4) is 0 Å². The second-order valence-corrected chi connectivity index (χ2v) is 6.39. The van der Waals surface area contributed by atoms with Gasteiger partial charge in [-0.15, -0.1) is 0 Å². The Balaban J connectivity index is 1.86. The van der Waals surface area contributed by atoms with Crippen LogP contribution in [0, 0.1) is 20.8 Å². The molecule has 0 aliphatic heterocycles. The van der Waals surface area contributed by atoms with Gasteiger partial charge < -0.3 is 4.42 Å². The minimum Gasteiger partial charge on any atom is -0.461 e. The van der Waals surface area contributed by atoms with Gasteiger partial charge in [0.25, 0.3) is 0 Å². The third-order valence-electron chi connectivity index (χ3n) is 4.79. The summed E-state index contributed by atoms with van der Waals surface area (Å²) in [7, 11) is 0. The minimum absolute atomic E-state index is 0.946. The molecule has 1 heteroatoms. The first-order chi connectivity index (χ1) is 11.1. The molecule has 23 heavy (non-hydrogen) atoms. The van der Waals surface area contributed by atoms with Crippen molar-refractivity contribution < 1.29 is 4.42 Å². The summed E-state index contributed by atoms with van der Waals surface area (Å²) in [5.74, 6) is 2.02. The summed E-state index contributed by atoms with van der Waals surface area (Å²) in [6.07, 6.45) is 3.25. The molecule has 1 aliphatic carbocycles. The Morgan fingerprint density at radius 3 is 2.35 bits per heavy atom. The molecule has 0 saturated heterocycles. The number of benzene rings is 2. The van der Waals surface area contributed by atoms with E-state index in [-0.39, 0.29) is 0 Å². The van der Waals surface area contributed by atoms with Crippen molar-refractivity contribution in [2.24, 2.45) is 0 Å². The van der Waals surface area contributed by atoms with E-state index < -0.39 is 0 Å². The molecule has 0 radical (unpaired) electrons. The fraction of sp³-hybridized carbons (Fsp3) is 0.182. The zero-order chi connectivity index (χ0) is 16.0. The van der Waals surface area contributed by atoms with Crippen molar-refractivity contribution in [1.29, 1.82) is 0 Å². The van der Waals surface area contributed by atoms with Gasteiger partial charge in [0, 0.05) is 6.42 Å². The first kappa shape index (κ1) is 14.1. The second kappa shape index (κ2) is 5.27. The lowest BCUT2D eigenvalue weighted by Crippen LogP contribution is -1.91. The first-order valence-corrected chi connectivity index (χ1v) is 8.09. The van der Waals surface area contributed by atoms with Crippen molar-refractivity contribution in [1.82, 2.24) is 0 Å². The number of rotatable bonds is 2. The molecule has 1 nitrogen and oxygen atoms in total. The SMILES string of the molecule is Cc1cc(C2=Cc3c(ccc(C)c3-c3ccccc3)C2)oc1C. The van der Waals surface area contributed by atoms with Gasteiger partial charge in [-0.1, -0.05) is 42.5 Å². The van der Waals surface area contributed by atoms with Crippen LogP contribution in [0.5, 0.6) is 0 Å². The van der Waals surface area contributed by atoms with E-state index in [2.05, 4.69) is 68.5 Å². The van der Waals surface area contributed by atoms with E-state index in [1.165, 1.54) is 39.0 Å². The normalized spacial score (nSPS) is 13.1. The molecule has 1 aromatic heterocycles. The van der Waals surface area contributed by atoms with Gasteiger partial charge in [-0.05, 0) is 71.9 Å².